The molecule has 9 nitrogen and oxygen atoms in total. The first-order valence-electron chi connectivity index (χ1n) is 15.7. The zero-order chi connectivity index (χ0) is 30.1. The molecule has 2 saturated heterocycles. The van der Waals surface area contributed by atoms with Gasteiger partial charge in [0.05, 0.1) is 18.7 Å². The van der Waals surface area contributed by atoms with E-state index in [9.17, 15) is 19.5 Å². The van der Waals surface area contributed by atoms with E-state index in [0.29, 0.717) is 6.42 Å². The van der Waals surface area contributed by atoms with Crippen LogP contribution in [0.5, 0.6) is 0 Å². The number of benzene rings is 1. The monoisotopic (exact) mass is 602 g/mol. The number of likely N-dealkylation sites (tertiary alicyclic amines) is 2. The molecule has 1 aromatic carbocycles. The summed E-state index contributed by atoms with van der Waals surface area (Å²) in [5.41, 5.74) is 3.44. The van der Waals surface area contributed by atoms with E-state index < -0.39 is 29.7 Å². The Bertz CT molecular complexity index is 1020. The molecule has 0 spiro atoms. The van der Waals surface area contributed by atoms with Gasteiger partial charge in [0.2, 0.25) is 5.91 Å². The number of thioether (sulfide) groups is 1. The summed E-state index contributed by atoms with van der Waals surface area (Å²) in [6.45, 7) is 7.83. The standard InChI is InChI=1S/C32H50N4O5S/c1-32(2,3)41-31(40)35-22-27(37)20-28(35)30(39)33-36(29(38)16-19-42-23-25-12-8-5-9-13-25)26-14-17-34(18-15-26)21-24-10-6-4-7-11-24/h4,6-7,10-11,25-28,37H,5,8-9,12-23H2,1-3H3,(H,33,39)/t27-,28+/m1/s1. The van der Waals surface area contributed by atoms with Crippen molar-refractivity contribution in [1.29, 1.82) is 0 Å². The molecule has 42 heavy (non-hydrogen) atoms. The SMILES string of the molecule is CC(C)(C)OC(=O)N1C[C@H](O)C[C@H]1C(=O)NN(C(=O)CCSCC1CCCCC1)C1CCN(Cc2ccccc2)CC1. The third-order valence-corrected chi connectivity index (χ3v) is 9.62. The number of nitrogens with one attached hydrogen (secondary N) is 1. The van der Waals surface area contributed by atoms with Crippen LogP contribution in [0.25, 0.3) is 0 Å². The summed E-state index contributed by atoms with van der Waals surface area (Å²) in [6, 6.07) is 9.33. The van der Waals surface area contributed by atoms with Crippen LogP contribution in [0, 0.1) is 5.92 Å². The molecule has 0 radical (unpaired) electrons. The molecule has 2 N–H and O–H groups in total. The van der Waals surface area contributed by atoms with E-state index >= 15 is 0 Å². The van der Waals surface area contributed by atoms with E-state index in [0.717, 1.165) is 49.9 Å². The molecule has 0 bridgehead atoms. The number of nitrogens with zero attached hydrogens (tertiary/aromatic N) is 3. The molecule has 3 fully saturated rings. The van der Waals surface area contributed by atoms with Crippen LogP contribution in [-0.4, -0.2) is 92.8 Å². The van der Waals surface area contributed by atoms with Crippen molar-refractivity contribution in [3.8, 4) is 0 Å². The highest BCUT2D eigenvalue weighted by molar-refractivity contribution is 7.99. The highest BCUT2D eigenvalue weighted by Crippen LogP contribution is 2.27. The molecule has 2 heterocycles. The Labute approximate surface area is 255 Å². The smallest absolute Gasteiger partial charge is 0.411 e. The van der Waals surface area contributed by atoms with Crippen LogP contribution in [0.15, 0.2) is 30.3 Å². The molecule has 0 unspecified atom stereocenters. The van der Waals surface area contributed by atoms with Crippen molar-refractivity contribution in [2.45, 2.75) is 109 Å². The number of β-amino-alcohol motifs (C(OH)–C–C–N with tert-alkyl or cyclic N) is 1. The fraction of sp³-hybridized carbons (Fsp3) is 0.719. The van der Waals surface area contributed by atoms with E-state index in [1.54, 1.807) is 25.8 Å². The number of piperidine rings is 1. The third-order valence-electron chi connectivity index (χ3n) is 8.42. The van der Waals surface area contributed by atoms with Gasteiger partial charge in [-0.3, -0.25) is 29.8 Å². The van der Waals surface area contributed by atoms with E-state index in [-0.39, 0.29) is 24.9 Å². The molecule has 3 amide bonds. The van der Waals surface area contributed by atoms with Crippen molar-refractivity contribution in [2.24, 2.45) is 5.92 Å². The average Bonchev–Trinajstić information content (AvgIpc) is 3.37. The van der Waals surface area contributed by atoms with Crippen molar-refractivity contribution in [2.75, 3.05) is 31.1 Å². The topological polar surface area (TPSA) is 102 Å². The van der Waals surface area contributed by atoms with Crippen LogP contribution in [0.2, 0.25) is 0 Å². The van der Waals surface area contributed by atoms with Gasteiger partial charge in [0.1, 0.15) is 11.6 Å². The second kappa shape index (κ2) is 15.4. The summed E-state index contributed by atoms with van der Waals surface area (Å²) in [4.78, 5) is 43.7. The van der Waals surface area contributed by atoms with Gasteiger partial charge in [-0.15, -0.1) is 0 Å². The summed E-state index contributed by atoms with van der Waals surface area (Å²) < 4.78 is 5.50. The molecule has 1 saturated carbocycles. The Hall–Kier alpha value is -2.30. The van der Waals surface area contributed by atoms with Crippen molar-refractivity contribution >= 4 is 29.7 Å². The molecule has 0 aromatic heterocycles. The lowest BCUT2D eigenvalue weighted by Crippen LogP contribution is -2.59. The zero-order valence-corrected chi connectivity index (χ0v) is 26.4. The molecular formula is C32H50N4O5S. The Morgan fingerprint density at radius 3 is 2.40 bits per heavy atom. The molecule has 4 rings (SSSR count). The summed E-state index contributed by atoms with van der Waals surface area (Å²) in [5, 5.41) is 11.9. The highest BCUT2D eigenvalue weighted by Gasteiger charge is 2.42. The second-order valence-electron chi connectivity index (χ2n) is 13.1. The number of aliphatic hydroxyl groups is 1. The first kappa shape index (κ1) is 32.6. The number of hydrogen-bond acceptors (Lipinski definition) is 7. The maximum absolute atomic E-state index is 13.6. The van der Waals surface area contributed by atoms with Crippen LogP contribution >= 0.6 is 11.8 Å². The predicted molar refractivity (Wildman–Crippen MR) is 166 cm³/mol. The predicted octanol–water partition coefficient (Wildman–Crippen LogP) is 4.58. The van der Waals surface area contributed by atoms with Gasteiger partial charge in [0.15, 0.2) is 0 Å². The Balaban J connectivity index is 1.38. The maximum Gasteiger partial charge on any atom is 0.411 e. The Morgan fingerprint density at radius 2 is 1.74 bits per heavy atom. The summed E-state index contributed by atoms with van der Waals surface area (Å²) in [6.07, 6.45) is 7.02. The highest BCUT2D eigenvalue weighted by atomic mass is 32.2. The number of ether oxygens (including phenoxy) is 1. The number of amides is 3. The summed E-state index contributed by atoms with van der Waals surface area (Å²) in [7, 11) is 0. The largest absolute Gasteiger partial charge is 0.444 e. The number of carbonyl (C=O) groups excluding carboxylic acids is 3. The van der Waals surface area contributed by atoms with Gasteiger partial charge in [-0.2, -0.15) is 11.8 Å². The first-order chi connectivity index (χ1) is 20.1. The summed E-state index contributed by atoms with van der Waals surface area (Å²) >= 11 is 1.84. The number of carbonyl (C=O) groups is 3. The Morgan fingerprint density at radius 1 is 1.05 bits per heavy atom. The van der Waals surface area contributed by atoms with Crippen LogP contribution < -0.4 is 5.43 Å². The maximum atomic E-state index is 13.6. The molecule has 3 aliphatic rings. The first-order valence-corrected chi connectivity index (χ1v) is 16.9. The van der Waals surface area contributed by atoms with E-state index in [1.807, 2.05) is 30.0 Å². The average molecular weight is 603 g/mol. The number of rotatable bonds is 9. The van der Waals surface area contributed by atoms with Crippen molar-refractivity contribution in [3.63, 3.8) is 0 Å². The molecule has 2 aliphatic heterocycles. The number of hydrazine groups is 1. The van der Waals surface area contributed by atoms with Crippen molar-refractivity contribution in [1.82, 2.24) is 20.2 Å². The van der Waals surface area contributed by atoms with E-state index in [4.69, 9.17) is 4.74 Å². The van der Waals surface area contributed by atoms with Gasteiger partial charge >= 0.3 is 6.09 Å². The quantitative estimate of drug-likeness (QED) is 0.315. The minimum absolute atomic E-state index is 0.0244. The molecule has 10 heteroatoms. The lowest BCUT2D eigenvalue weighted by molar-refractivity contribution is -0.147. The van der Waals surface area contributed by atoms with Gasteiger partial charge in [-0.05, 0) is 63.7 Å². The molecule has 234 valence electrons. The van der Waals surface area contributed by atoms with Crippen LogP contribution in [0.1, 0.15) is 84.1 Å². The minimum atomic E-state index is -0.899. The minimum Gasteiger partial charge on any atom is -0.444 e. The molecule has 1 aliphatic carbocycles. The van der Waals surface area contributed by atoms with Gasteiger partial charge in [0, 0.05) is 38.2 Å². The van der Waals surface area contributed by atoms with Gasteiger partial charge < -0.3 is 9.84 Å². The van der Waals surface area contributed by atoms with Gasteiger partial charge in [-0.1, -0.05) is 49.6 Å². The fourth-order valence-electron chi connectivity index (χ4n) is 6.20. The normalized spacial score (nSPS) is 22.6. The number of aliphatic hydroxyl groups excluding tert-OH is 1. The Kier molecular flexibility index (Phi) is 12.0. The third kappa shape index (κ3) is 9.88. The van der Waals surface area contributed by atoms with Crippen LogP contribution in [0.4, 0.5) is 4.79 Å². The molecule has 1 aromatic rings. The molecule has 2 atom stereocenters. The lowest BCUT2D eigenvalue weighted by atomic mass is 9.91. The van der Waals surface area contributed by atoms with Crippen molar-refractivity contribution in [3.05, 3.63) is 35.9 Å². The van der Waals surface area contributed by atoms with E-state index in [2.05, 4.69) is 22.5 Å². The van der Waals surface area contributed by atoms with Crippen molar-refractivity contribution < 1.29 is 24.2 Å². The molecular weight excluding hydrogens is 552 g/mol. The summed E-state index contributed by atoms with van der Waals surface area (Å²) in [5.74, 6) is 2.01. The van der Waals surface area contributed by atoms with E-state index in [1.165, 1.54) is 42.6 Å². The van der Waals surface area contributed by atoms with Crippen LogP contribution in [-0.2, 0) is 20.9 Å². The lowest BCUT2D eigenvalue weighted by Gasteiger charge is -2.39. The number of hydrogen-bond donors (Lipinski definition) is 2. The van der Waals surface area contributed by atoms with Crippen LogP contribution in [0.3, 0.4) is 0 Å². The fourth-order valence-corrected chi connectivity index (χ4v) is 7.35. The van der Waals surface area contributed by atoms with Gasteiger partial charge in [-0.25, -0.2) is 4.79 Å². The van der Waals surface area contributed by atoms with Gasteiger partial charge in [0.25, 0.3) is 5.91 Å². The second-order valence-corrected chi connectivity index (χ2v) is 14.2. The zero-order valence-electron chi connectivity index (χ0n) is 25.6.